The fraction of sp³-hybridized carbons (Fsp3) is 0. The highest BCUT2D eigenvalue weighted by molar-refractivity contribution is 6.08. The third-order valence-corrected chi connectivity index (χ3v) is 2.93. The molecule has 0 radical (unpaired) electrons. The summed E-state index contributed by atoms with van der Waals surface area (Å²) in [6, 6.07) is 9.70. The minimum atomic E-state index is -0.896. The van der Waals surface area contributed by atoms with E-state index < -0.39 is 22.8 Å². The van der Waals surface area contributed by atoms with Crippen molar-refractivity contribution in [3.63, 3.8) is 0 Å². The zero-order valence-electron chi connectivity index (χ0n) is 10.7. The molecule has 6 nitrogen and oxygen atoms in total. The number of anilines is 1. The van der Waals surface area contributed by atoms with Gasteiger partial charge >= 0.3 is 5.63 Å². The van der Waals surface area contributed by atoms with Crippen molar-refractivity contribution in [3.05, 3.63) is 64.8 Å². The van der Waals surface area contributed by atoms with Crippen molar-refractivity contribution in [2.24, 2.45) is 0 Å². The predicted molar refractivity (Wildman–Crippen MR) is 76.3 cm³/mol. The predicted octanol–water partition coefficient (Wildman–Crippen LogP) is 2.15. The maximum Gasteiger partial charge on any atom is 0.353 e. The first-order valence-corrected chi connectivity index (χ1v) is 6.13. The molecule has 0 bridgehead atoms. The lowest BCUT2D eigenvalue weighted by Gasteiger charge is -2.07. The molecule has 0 saturated heterocycles. The lowest BCUT2D eigenvalue weighted by Crippen LogP contribution is -2.21. The zero-order valence-corrected chi connectivity index (χ0v) is 10.7. The van der Waals surface area contributed by atoms with E-state index in [9.17, 15) is 14.7 Å². The number of aromatic nitrogens is 1. The lowest BCUT2D eigenvalue weighted by atomic mass is 10.1. The molecular formula is C15H10N2O4. The smallest absolute Gasteiger partial charge is 0.353 e. The molecule has 2 N–H and O–H groups in total. The third kappa shape index (κ3) is 2.34. The summed E-state index contributed by atoms with van der Waals surface area (Å²) in [6.07, 6.45) is 2.98. The van der Waals surface area contributed by atoms with Gasteiger partial charge in [-0.3, -0.25) is 9.78 Å². The molecule has 0 fully saturated rings. The molecule has 0 aliphatic heterocycles. The first-order chi connectivity index (χ1) is 10.2. The van der Waals surface area contributed by atoms with Crippen molar-refractivity contribution in [1.82, 2.24) is 4.98 Å². The molecule has 0 aliphatic rings. The summed E-state index contributed by atoms with van der Waals surface area (Å²) in [5, 5.41) is 12.9. The normalized spacial score (nSPS) is 10.5. The van der Waals surface area contributed by atoms with Crippen molar-refractivity contribution >= 4 is 22.6 Å². The van der Waals surface area contributed by atoms with Crippen molar-refractivity contribution in [1.29, 1.82) is 0 Å². The van der Waals surface area contributed by atoms with E-state index in [0.29, 0.717) is 11.1 Å². The topological polar surface area (TPSA) is 92.4 Å². The second-order valence-corrected chi connectivity index (χ2v) is 4.31. The van der Waals surface area contributed by atoms with Crippen LogP contribution in [-0.4, -0.2) is 16.0 Å². The maximum atomic E-state index is 12.1. The second kappa shape index (κ2) is 5.09. The molecule has 2 heterocycles. The molecule has 3 aromatic rings. The third-order valence-electron chi connectivity index (χ3n) is 2.93. The van der Waals surface area contributed by atoms with Gasteiger partial charge in [0.25, 0.3) is 5.91 Å². The minimum Gasteiger partial charge on any atom is -0.506 e. The standard InChI is InChI=1S/C15H10N2O4/c18-13-10-5-1-2-6-11(10)21-15(20)12(13)14(19)17-9-4-3-7-16-8-9/h1-8,18H,(H,17,19). The van der Waals surface area contributed by atoms with Crippen molar-refractivity contribution in [2.45, 2.75) is 0 Å². The van der Waals surface area contributed by atoms with E-state index in [-0.39, 0.29) is 5.58 Å². The van der Waals surface area contributed by atoms with Gasteiger partial charge in [-0.15, -0.1) is 0 Å². The van der Waals surface area contributed by atoms with Crippen LogP contribution in [0.2, 0.25) is 0 Å². The fourth-order valence-corrected chi connectivity index (χ4v) is 1.96. The van der Waals surface area contributed by atoms with Crippen LogP contribution in [0.4, 0.5) is 5.69 Å². The second-order valence-electron chi connectivity index (χ2n) is 4.31. The van der Waals surface area contributed by atoms with E-state index in [1.807, 2.05) is 0 Å². The van der Waals surface area contributed by atoms with Gasteiger partial charge in [0.05, 0.1) is 17.3 Å². The van der Waals surface area contributed by atoms with E-state index >= 15 is 0 Å². The number of pyridine rings is 1. The van der Waals surface area contributed by atoms with Crippen molar-refractivity contribution in [3.8, 4) is 5.75 Å². The average molecular weight is 282 g/mol. The number of benzene rings is 1. The SMILES string of the molecule is O=C(Nc1cccnc1)c1c(O)c2ccccc2oc1=O. The molecule has 3 rings (SSSR count). The number of carbonyl (C=O) groups excluding carboxylic acids is 1. The Morgan fingerprint density at radius 2 is 2.00 bits per heavy atom. The highest BCUT2D eigenvalue weighted by atomic mass is 16.4. The van der Waals surface area contributed by atoms with Gasteiger partial charge in [0, 0.05) is 6.20 Å². The summed E-state index contributed by atoms with van der Waals surface area (Å²) < 4.78 is 5.04. The summed E-state index contributed by atoms with van der Waals surface area (Å²) in [6.45, 7) is 0. The van der Waals surface area contributed by atoms with Crippen LogP contribution in [0.3, 0.4) is 0 Å². The van der Waals surface area contributed by atoms with Crippen LogP contribution in [0.15, 0.2) is 58.0 Å². The van der Waals surface area contributed by atoms with E-state index in [1.165, 1.54) is 6.20 Å². The summed E-state index contributed by atoms with van der Waals surface area (Å²) in [5.74, 6) is -1.15. The van der Waals surface area contributed by atoms with Gasteiger partial charge in [0.1, 0.15) is 11.3 Å². The minimum absolute atomic E-state index is 0.220. The molecule has 1 amide bonds. The van der Waals surface area contributed by atoms with Gasteiger partial charge in [-0.05, 0) is 24.3 Å². The van der Waals surface area contributed by atoms with E-state index in [0.717, 1.165) is 0 Å². The number of hydrogen-bond donors (Lipinski definition) is 2. The first kappa shape index (κ1) is 12.9. The molecule has 21 heavy (non-hydrogen) atoms. The van der Waals surface area contributed by atoms with E-state index in [2.05, 4.69) is 10.3 Å². The number of aromatic hydroxyl groups is 1. The lowest BCUT2D eigenvalue weighted by molar-refractivity contribution is 0.102. The van der Waals surface area contributed by atoms with Gasteiger partial charge in [-0.25, -0.2) is 4.79 Å². The fourth-order valence-electron chi connectivity index (χ4n) is 1.96. The molecule has 6 heteroatoms. The molecular weight excluding hydrogens is 272 g/mol. The monoisotopic (exact) mass is 282 g/mol. The Balaban J connectivity index is 2.08. The molecule has 0 unspecified atom stereocenters. The number of hydrogen-bond acceptors (Lipinski definition) is 5. The molecule has 0 aliphatic carbocycles. The Bertz CT molecular complexity index is 872. The highest BCUT2D eigenvalue weighted by Gasteiger charge is 2.20. The van der Waals surface area contributed by atoms with Crippen LogP contribution < -0.4 is 10.9 Å². The van der Waals surface area contributed by atoms with Crippen LogP contribution in [0.5, 0.6) is 5.75 Å². The number of nitrogens with zero attached hydrogens (tertiary/aromatic N) is 1. The average Bonchev–Trinajstić information content (AvgIpc) is 2.48. The molecule has 0 atom stereocenters. The molecule has 0 spiro atoms. The number of fused-ring (bicyclic) bond motifs is 1. The first-order valence-electron chi connectivity index (χ1n) is 6.13. The van der Waals surface area contributed by atoms with Crippen LogP contribution >= 0.6 is 0 Å². The largest absolute Gasteiger partial charge is 0.506 e. The Morgan fingerprint density at radius 1 is 1.19 bits per heavy atom. The Labute approximate surface area is 118 Å². The number of para-hydroxylation sites is 1. The van der Waals surface area contributed by atoms with Gasteiger partial charge in [-0.1, -0.05) is 12.1 Å². The van der Waals surface area contributed by atoms with Gasteiger partial charge < -0.3 is 14.8 Å². The van der Waals surface area contributed by atoms with Crippen molar-refractivity contribution < 1.29 is 14.3 Å². The number of nitrogens with one attached hydrogen (secondary N) is 1. The Morgan fingerprint density at radius 3 is 2.76 bits per heavy atom. The summed E-state index contributed by atoms with van der Waals surface area (Å²) in [5.41, 5.74) is -0.697. The van der Waals surface area contributed by atoms with Crippen molar-refractivity contribution in [2.75, 3.05) is 5.32 Å². The van der Waals surface area contributed by atoms with Crippen LogP contribution in [0.1, 0.15) is 10.4 Å². The molecule has 104 valence electrons. The summed E-state index contributed by atoms with van der Waals surface area (Å²) >= 11 is 0. The van der Waals surface area contributed by atoms with E-state index in [1.54, 1.807) is 42.6 Å². The van der Waals surface area contributed by atoms with Gasteiger partial charge in [0.2, 0.25) is 0 Å². The summed E-state index contributed by atoms with van der Waals surface area (Å²) in [7, 11) is 0. The zero-order chi connectivity index (χ0) is 14.8. The van der Waals surface area contributed by atoms with Crippen LogP contribution in [0.25, 0.3) is 11.0 Å². The number of amides is 1. The maximum absolute atomic E-state index is 12.1. The van der Waals surface area contributed by atoms with E-state index in [4.69, 9.17) is 4.42 Å². The Kier molecular flexibility index (Phi) is 3.12. The molecule has 0 saturated carbocycles. The number of rotatable bonds is 2. The van der Waals surface area contributed by atoms with Gasteiger partial charge in [0.15, 0.2) is 5.56 Å². The highest BCUT2D eigenvalue weighted by Crippen LogP contribution is 2.26. The van der Waals surface area contributed by atoms with Gasteiger partial charge in [-0.2, -0.15) is 0 Å². The number of carbonyl (C=O) groups is 1. The molecule has 2 aromatic heterocycles. The molecule has 1 aromatic carbocycles. The Hall–Kier alpha value is -3.15. The summed E-state index contributed by atoms with van der Waals surface area (Å²) in [4.78, 5) is 27.9. The van der Waals surface area contributed by atoms with Crippen LogP contribution in [-0.2, 0) is 0 Å². The van der Waals surface area contributed by atoms with Crippen LogP contribution in [0, 0.1) is 0 Å². The quantitative estimate of drug-likeness (QED) is 0.702.